The van der Waals surface area contributed by atoms with Gasteiger partial charge in [0.1, 0.15) is 11.6 Å². The van der Waals surface area contributed by atoms with Crippen LogP contribution < -0.4 is 0 Å². The van der Waals surface area contributed by atoms with Gasteiger partial charge >= 0.3 is 5.97 Å². The van der Waals surface area contributed by atoms with Gasteiger partial charge in [-0.2, -0.15) is 0 Å². The molecule has 0 amide bonds. The first-order valence-electron chi connectivity index (χ1n) is 6.50. The topological polar surface area (TPSA) is 104 Å². The van der Waals surface area contributed by atoms with Crippen molar-refractivity contribution in [2.45, 2.75) is 32.1 Å². The van der Waals surface area contributed by atoms with E-state index in [2.05, 4.69) is 0 Å². The molecule has 9 heteroatoms. The maximum atomic E-state index is 11.8. The van der Waals surface area contributed by atoms with Crippen LogP contribution in [0.2, 0.25) is 5.02 Å². The van der Waals surface area contributed by atoms with Gasteiger partial charge in [0.25, 0.3) is 5.69 Å². The van der Waals surface area contributed by atoms with Crippen LogP contribution in [0.25, 0.3) is 0 Å². The van der Waals surface area contributed by atoms with E-state index in [0.717, 1.165) is 0 Å². The maximum Gasteiger partial charge on any atom is 0.324 e. The first kappa shape index (κ1) is 18.4. The Morgan fingerprint density at radius 3 is 2.64 bits per heavy atom. The summed E-state index contributed by atoms with van der Waals surface area (Å²) in [5.41, 5.74) is 0.0476. The number of nitrogens with zero attached hydrogens (tertiary/aromatic N) is 1. The lowest BCUT2D eigenvalue weighted by molar-refractivity contribution is -0.384. The molecule has 0 aliphatic rings. The van der Waals surface area contributed by atoms with Crippen molar-refractivity contribution in [2.75, 3.05) is 5.75 Å². The largest absolute Gasteiger partial charge is 0.460 e. The van der Waals surface area contributed by atoms with E-state index in [-0.39, 0.29) is 23.1 Å². The normalized spacial score (nSPS) is 12.7. The zero-order valence-electron chi connectivity index (χ0n) is 12.1. The van der Waals surface area contributed by atoms with Gasteiger partial charge in [0.2, 0.25) is 0 Å². The summed E-state index contributed by atoms with van der Waals surface area (Å²) in [5, 5.41) is 9.46. The highest BCUT2D eigenvalue weighted by molar-refractivity contribution is 7.92. The minimum Gasteiger partial charge on any atom is -0.460 e. The maximum absolute atomic E-state index is 11.8. The molecular formula is C13H16ClNO6S. The van der Waals surface area contributed by atoms with Crippen LogP contribution in [0.5, 0.6) is 0 Å². The number of nitro benzene ring substituents is 1. The Morgan fingerprint density at radius 2 is 2.09 bits per heavy atom. The number of rotatable bonds is 7. The number of benzene rings is 1. The summed E-state index contributed by atoms with van der Waals surface area (Å²) in [6.45, 7) is 2.70. The standard InChI is InChI=1S/C13H16ClNO6S/c1-3-6-22(19,20)9(2)13(16)21-8-10-4-5-11(14)12(7-10)15(17)18/h4-5,7,9H,3,6,8H2,1-2H3. The van der Waals surface area contributed by atoms with Crippen molar-refractivity contribution in [1.29, 1.82) is 0 Å². The van der Waals surface area contributed by atoms with Crippen LogP contribution in [0.1, 0.15) is 25.8 Å². The van der Waals surface area contributed by atoms with Crippen molar-refractivity contribution >= 4 is 33.1 Å². The average Bonchev–Trinajstić information content (AvgIpc) is 2.44. The highest BCUT2D eigenvalue weighted by Gasteiger charge is 2.28. The monoisotopic (exact) mass is 349 g/mol. The molecule has 0 bridgehead atoms. The van der Waals surface area contributed by atoms with Crippen molar-refractivity contribution in [3.8, 4) is 0 Å². The zero-order chi connectivity index (χ0) is 16.9. The Labute approximate surface area is 133 Å². The molecule has 0 fully saturated rings. The van der Waals surface area contributed by atoms with Crippen LogP contribution in [0, 0.1) is 10.1 Å². The van der Waals surface area contributed by atoms with Crippen LogP contribution >= 0.6 is 11.6 Å². The molecule has 0 heterocycles. The quantitative estimate of drug-likeness (QED) is 0.425. The lowest BCUT2D eigenvalue weighted by Crippen LogP contribution is -2.30. The number of halogens is 1. The summed E-state index contributed by atoms with van der Waals surface area (Å²) in [4.78, 5) is 21.9. The number of hydrogen-bond donors (Lipinski definition) is 0. The van der Waals surface area contributed by atoms with Gasteiger partial charge in [0.15, 0.2) is 15.1 Å². The van der Waals surface area contributed by atoms with Gasteiger partial charge < -0.3 is 4.74 Å². The van der Waals surface area contributed by atoms with E-state index in [1.165, 1.54) is 25.1 Å². The summed E-state index contributed by atoms with van der Waals surface area (Å²) in [5.74, 6) is -0.985. The van der Waals surface area contributed by atoms with Gasteiger partial charge in [0, 0.05) is 6.07 Å². The molecule has 122 valence electrons. The van der Waals surface area contributed by atoms with Gasteiger partial charge in [-0.05, 0) is 25.0 Å². The Hall–Kier alpha value is -1.67. The molecule has 1 aromatic rings. The smallest absolute Gasteiger partial charge is 0.324 e. The van der Waals surface area contributed by atoms with E-state index in [4.69, 9.17) is 16.3 Å². The molecule has 0 N–H and O–H groups in total. The van der Waals surface area contributed by atoms with E-state index in [1.807, 2.05) is 0 Å². The third kappa shape index (κ3) is 4.67. The summed E-state index contributed by atoms with van der Waals surface area (Å²) in [6, 6.07) is 3.97. The number of nitro groups is 1. The highest BCUT2D eigenvalue weighted by atomic mass is 35.5. The molecule has 0 spiro atoms. The summed E-state index contributed by atoms with van der Waals surface area (Å²) in [7, 11) is -3.55. The first-order valence-corrected chi connectivity index (χ1v) is 8.59. The minimum absolute atomic E-state index is 0.0287. The summed E-state index contributed by atoms with van der Waals surface area (Å²) in [6.07, 6.45) is 0.406. The molecule has 7 nitrogen and oxygen atoms in total. The van der Waals surface area contributed by atoms with Crippen molar-refractivity contribution in [2.24, 2.45) is 0 Å². The van der Waals surface area contributed by atoms with E-state index in [0.29, 0.717) is 12.0 Å². The molecule has 0 aliphatic carbocycles. The molecule has 0 saturated heterocycles. The Balaban J connectivity index is 2.76. The third-order valence-electron chi connectivity index (χ3n) is 2.95. The number of esters is 1. The van der Waals surface area contributed by atoms with Crippen LogP contribution in [-0.4, -0.2) is 30.3 Å². The molecule has 0 aliphatic heterocycles. The Bertz CT molecular complexity index is 673. The lowest BCUT2D eigenvalue weighted by Gasteiger charge is -2.12. The van der Waals surface area contributed by atoms with Gasteiger partial charge in [-0.25, -0.2) is 8.42 Å². The number of carbonyl (C=O) groups is 1. The average molecular weight is 350 g/mol. The number of sulfone groups is 1. The molecule has 0 aromatic heterocycles. The van der Waals surface area contributed by atoms with Gasteiger partial charge in [-0.15, -0.1) is 0 Å². The second-order valence-corrected chi connectivity index (χ2v) is 7.51. The van der Waals surface area contributed by atoms with Gasteiger partial charge in [-0.3, -0.25) is 14.9 Å². The third-order valence-corrected chi connectivity index (χ3v) is 5.51. The molecule has 0 saturated carbocycles. The second-order valence-electron chi connectivity index (χ2n) is 4.66. The summed E-state index contributed by atoms with van der Waals surface area (Å²) < 4.78 is 28.4. The molecule has 0 radical (unpaired) electrons. The van der Waals surface area contributed by atoms with Crippen LogP contribution in [0.3, 0.4) is 0 Å². The van der Waals surface area contributed by atoms with Gasteiger partial charge in [0.05, 0.1) is 10.7 Å². The first-order chi connectivity index (χ1) is 10.2. The second kappa shape index (κ2) is 7.55. The fourth-order valence-electron chi connectivity index (χ4n) is 1.67. The molecule has 1 rings (SSSR count). The van der Waals surface area contributed by atoms with Crippen LogP contribution in [-0.2, 0) is 26.0 Å². The molecule has 22 heavy (non-hydrogen) atoms. The van der Waals surface area contributed by atoms with E-state index in [1.54, 1.807) is 6.92 Å². The SMILES string of the molecule is CCCS(=O)(=O)C(C)C(=O)OCc1ccc(Cl)c([N+](=O)[O-])c1. The predicted molar refractivity (Wildman–Crippen MR) is 81.4 cm³/mol. The Morgan fingerprint density at radius 1 is 1.45 bits per heavy atom. The molecule has 1 atom stereocenters. The summed E-state index contributed by atoms with van der Waals surface area (Å²) >= 11 is 5.67. The van der Waals surface area contributed by atoms with Crippen molar-refractivity contribution in [3.63, 3.8) is 0 Å². The number of ether oxygens (including phenoxy) is 1. The van der Waals surface area contributed by atoms with Crippen molar-refractivity contribution < 1.29 is 22.9 Å². The lowest BCUT2D eigenvalue weighted by atomic mass is 10.2. The molecule has 1 unspecified atom stereocenters. The van der Waals surface area contributed by atoms with Crippen molar-refractivity contribution in [3.05, 3.63) is 38.9 Å². The van der Waals surface area contributed by atoms with E-state index in [9.17, 15) is 23.3 Å². The van der Waals surface area contributed by atoms with E-state index < -0.39 is 26.0 Å². The fraction of sp³-hybridized carbons (Fsp3) is 0.462. The molecule has 1 aromatic carbocycles. The number of hydrogen-bond acceptors (Lipinski definition) is 6. The van der Waals surface area contributed by atoms with Gasteiger partial charge in [-0.1, -0.05) is 24.6 Å². The predicted octanol–water partition coefficient (Wildman–Crippen LogP) is 2.50. The highest BCUT2D eigenvalue weighted by Crippen LogP contribution is 2.25. The Kier molecular flexibility index (Phi) is 6.31. The fourth-order valence-corrected chi connectivity index (χ4v) is 3.14. The van der Waals surface area contributed by atoms with Crippen LogP contribution in [0.15, 0.2) is 18.2 Å². The van der Waals surface area contributed by atoms with Crippen LogP contribution in [0.4, 0.5) is 5.69 Å². The zero-order valence-corrected chi connectivity index (χ0v) is 13.7. The van der Waals surface area contributed by atoms with E-state index >= 15 is 0 Å². The number of carbonyl (C=O) groups excluding carboxylic acids is 1. The molecular weight excluding hydrogens is 334 g/mol. The van der Waals surface area contributed by atoms with Crippen molar-refractivity contribution in [1.82, 2.24) is 0 Å². The minimum atomic E-state index is -3.55.